The Morgan fingerprint density at radius 2 is 1.88 bits per heavy atom. The lowest BCUT2D eigenvalue weighted by atomic mass is 10.2. The minimum absolute atomic E-state index is 0.0673. The van der Waals surface area contributed by atoms with Gasteiger partial charge in [-0.15, -0.1) is 0 Å². The lowest BCUT2D eigenvalue weighted by molar-refractivity contribution is -0.143. The maximum atomic E-state index is 11.2. The van der Waals surface area contributed by atoms with Crippen LogP contribution in [-0.2, 0) is 19.2 Å². The smallest absolute Gasteiger partial charge is 0.326 e. The first kappa shape index (κ1) is 14.9. The molecule has 8 nitrogen and oxygen atoms in total. The van der Waals surface area contributed by atoms with E-state index in [1.807, 2.05) is 0 Å². The third kappa shape index (κ3) is 7.77. The summed E-state index contributed by atoms with van der Waals surface area (Å²) in [7, 11) is 0. The lowest BCUT2D eigenvalue weighted by Gasteiger charge is -2.12. The van der Waals surface area contributed by atoms with Gasteiger partial charge in [0.15, 0.2) is 0 Å². The number of nitrogens with one attached hydrogen (secondary N) is 2. The number of carboxylic acids is 1. The van der Waals surface area contributed by atoms with Gasteiger partial charge in [-0.2, -0.15) is 0 Å². The van der Waals surface area contributed by atoms with E-state index >= 15 is 0 Å². The molecule has 0 saturated heterocycles. The molecule has 0 fully saturated rings. The van der Waals surface area contributed by atoms with Crippen molar-refractivity contribution < 1.29 is 24.3 Å². The summed E-state index contributed by atoms with van der Waals surface area (Å²) in [5.74, 6) is -3.02. The fourth-order valence-corrected chi connectivity index (χ4v) is 1.02. The molecule has 0 saturated carbocycles. The number of amides is 3. The summed E-state index contributed by atoms with van der Waals surface area (Å²) in [4.78, 5) is 43.0. The van der Waals surface area contributed by atoms with Crippen LogP contribution in [0.25, 0.3) is 0 Å². The Labute approximate surface area is 97.5 Å². The van der Waals surface area contributed by atoms with Gasteiger partial charge in [-0.05, 0) is 0 Å². The van der Waals surface area contributed by atoms with Crippen molar-refractivity contribution in [3.05, 3.63) is 0 Å². The van der Waals surface area contributed by atoms with Crippen molar-refractivity contribution in [2.75, 3.05) is 6.54 Å². The van der Waals surface area contributed by atoms with Crippen molar-refractivity contribution in [2.24, 2.45) is 5.73 Å². The molecule has 0 rings (SSSR count). The zero-order valence-electron chi connectivity index (χ0n) is 9.36. The number of nitrogens with two attached hydrogens (primary N) is 1. The Kier molecular flexibility index (Phi) is 6.30. The van der Waals surface area contributed by atoms with Crippen LogP contribution in [0.2, 0.25) is 0 Å². The average molecular weight is 245 g/mol. The zero-order valence-corrected chi connectivity index (χ0v) is 9.36. The molecule has 3 amide bonds. The maximum Gasteiger partial charge on any atom is 0.326 e. The highest BCUT2D eigenvalue weighted by Gasteiger charge is 2.21. The summed E-state index contributed by atoms with van der Waals surface area (Å²) >= 11 is 0. The number of rotatable bonds is 7. The number of carbonyl (C=O) groups excluding carboxylic acids is 3. The Hall–Kier alpha value is -2.12. The highest BCUT2D eigenvalue weighted by Crippen LogP contribution is 1.92. The molecule has 8 heteroatoms. The molecule has 5 N–H and O–H groups in total. The number of hydrogen-bond donors (Lipinski definition) is 4. The second-order valence-corrected chi connectivity index (χ2v) is 3.36. The van der Waals surface area contributed by atoms with Crippen LogP contribution in [0.1, 0.15) is 19.8 Å². The Balaban J connectivity index is 4.08. The Bertz CT molecular complexity index is 329. The lowest BCUT2D eigenvalue weighted by Crippen LogP contribution is -2.44. The van der Waals surface area contributed by atoms with E-state index in [4.69, 9.17) is 10.8 Å². The molecule has 96 valence electrons. The van der Waals surface area contributed by atoms with Crippen molar-refractivity contribution in [3.63, 3.8) is 0 Å². The van der Waals surface area contributed by atoms with Crippen LogP contribution in [0, 0.1) is 0 Å². The first-order valence-electron chi connectivity index (χ1n) is 4.88. The quantitative estimate of drug-likeness (QED) is 0.409. The second-order valence-electron chi connectivity index (χ2n) is 3.36. The van der Waals surface area contributed by atoms with Crippen LogP contribution in [0.5, 0.6) is 0 Å². The molecule has 0 aromatic rings. The van der Waals surface area contributed by atoms with Gasteiger partial charge in [0.2, 0.25) is 17.7 Å². The number of hydrogen-bond acceptors (Lipinski definition) is 4. The summed E-state index contributed by atoms with van der Waals surface area (Å²) < 4.78 is 0. The molecular weight excluding hydrogens is 230 g/mol. The Morgan fingerprint density at radius 1 is 1.29 bits per heavy atom. The molecule has 0 heterocycles. The van der Waals surface area contributed by atoms with Gasteiger partial charge in [0.25, 0.3) is 0 Å². The minimum Gasteiger partial charge on any atom is -0.480 e. The number of carbonyl (C=O) groups is 4. The van der Waals surface area contributed by atoms with Gasteiger partial charge in [-0.25, -0.2) is 4.79 Å². The maximum absolute atomic E-state index is 11.2. The molecule has 0 spiro atoms. The third-order valence-corrected chi connectivity index (χ3v) is 1.76. The first-order chi connectivity index (χ1) is 7.82. The monoisotopic (exact) mass is 245 g/mol. The molecule has 0 aliphatic rings. The van der Waals surface area contributed by atoms with Crippen molar-refractivity contribution in [2.45, 2.75) is 25.8 Å². The van der Waals surface area contributed by atoms with Gasteiger partial charge >= 0.3 is 5.97 Å². The van der Waals surface area contributed by atoms with Crippen LogP contribution in [-0.4, -0.2) is 41.4 Å². The summed E-state index contributed by atoms with van der Waals surface area (Å²) in [6.45, 7) is 1.40. The third-order valence-electron chi connectivity index (χ3n) is 1.76. The van der Waals surface area contributed by atoms with Crippen LogP contribution in [0.4, 0.5) is 0 Å². The second kappa shape index (κ2) is 7.20. The largest absolute Gasteiger partial charge is 0.480 e. The van der Waals surface area contributed by atoms with E-state index in [0.717, 1.165) is 0 Å². The van der Waals surface area contributed by atoms with E-state index in [1.54, 1.807) is 0 Å². The van der Waals surface area contributed by atoms with Crippen LogP contribution in [0.3, 0.4) is 0 Å². The van der Waals surface area contributed by atoms with Crippen molar-refractivity contribution >= 4 is 23.7 Å². The fraction of sp³-hybridized carbons (Fsp3) is 0.556. The van der Waals surface area contributed by atoms with E-state index < -0.39 is 30.2 Å². The van der Waals surface area contributed by atoms with Gasteiger partial charge in [-0.3, -0.25) is 14.4 Å². The number of primary amides is 1. The SMILES string of the molecule is CC(=O)NCCC(=O)N[C@@H](CC(N)=O)C(=O)O. The molecule has 0 aromatic heterocycles. The van der Waals surface area contributed by atoms with Crippen molar-refractivity contribution in [1.29, 1.82) is 0 Å². The predicted molar refractivity (Wildman–Crippen MR) is 56.7 cm³/mol. The summed E-state index contributed by atoms with van der Waals surface area (Å²) in [6, 6.07) is -1.34. The zero-order chi connectivity index (χ0) is 13.4. The molecule has 1 atom stereocenters. The van der Waals surface area contributed by atoms with Crippen LogP contribution >= 0.6 is 0 Å². The molecule has 0 unspecified atom stereocenters. The minimum atomic E-state index is -1.34. The Morgan fingerprint density at radius 3 is 2.29 bits per heavy atom. The average Bonchev–Trinajstić information content (AvgIpc) is 2.15. The molecular formula is C9H15N3O5. The van der Waals surface area contributed by atoms with Gasteiger partial charge in [0, 0.05) is 19.9 Å². The topological polar surface area (TPSA) is 139 Å². The van der Waals surface area contributed by atoms with Gasteiger partial charge in [0.05, 0.1) is 6.42 Å². The first-order valence-corrected chi connectivity index (χ1v) is 4.88. The molecule has 0 aromatic carbocycles. The van der Waals surface area contributed by atoms with E-state index in [1.165, 1.54) is 6.92 Å². The van der Waals surface area contributed by atoms with Gasteiger partial charge in [0.1, 0.15) is 6.04 Å². The fourth-order valence-electron chi connectivity index (χ4n) is 1.02. The van der Waals surface area contributed by atoms with Crippen molar-refractivity contribution in [1.82, 2.24) is 10.6 Å². The summed E-state index contributed by atoms with van der Waals surface area (Å²) in [5, 5.41) is 13.2. The van der Waals surface area contributed by atoms with Crippen LogP contribution < -0.4 is 16.4 Å². The number of aliphatic carboxylic acids is 1. The molecule has 0 aliphatic heterocycles. The van der Waals surface area contributed by atoms with E-state index in [-0.39, 0.29) is 18.9 Å². The van der Waals surface area contributed by atoms with Crippen LogP contribution in [0.15, 0.2) is 0 Å². The van der Waals surface area contributed by atoms with Crippen molar-refractivity contribution in [3.8, 4) is 0 Å². The summed E-state index contributed by atoms with van der Waals surface area (Å²) in [6.07, 6.45) is -0.538. The standard InChI is InChI=1S/C9H15N3O5/c1-5(13)11-3-2-8(15)12-6(9(16)17)4-7(10)14/h6H,2-4H2,1H3,(H2,10,14)(H,11,13)(H,12,15)(H,16,17)/t6-/m0/s1. The van der Waals surface area contributed by atoms with E-state index in [2.05, 4.69) is 10.6 Å². The molecule has 17 heavy (non-hydrogen) atoms. The molecule has 0 bridgehead atoms. The predicted octanol–water partition coefficient (Wildman–Crippen LogP) is -2.04. The summed E-state index contributed by atoms with van der Waals surface area (Å²) in [5.41, 5.74) is 4.84. The molecule has 0 radical (unpaired) electrons. The highest BCUT2D eigenvalue weighted by atomic mass is 16.4. The van der Waals surface area contributed by atoms with Gasteiger partial charge < -0.3 is 21.5 Å². The number of carboxylic acid groups (broad SMARTS) is 1. The normalized spacial score (nSPS) is 11.4. The van der Waals surface area contributed by atoms with Gasteiger partial charge in [-0.1, -0.05) is 0 Å². The van der Waals surface area contributed by atoms with E-state index in [9.17, 15) is 19.2 Å². The molecule has 0 aliphatic carbocycles. The highest BCUT2D eigenvalue weighted by molar-refractivity contribution is 5.88. The van der Waals surface area contributed by atoms with E-state index in [0.29, 0.717) is 0 Å².